The van der Waals surface area contributed by atoms with Gasteiger partial charge in [-0.3, -0.25) is 0 Å². The van der Waals surface area contributed by atoms with E-state index in [1.54, 1.807) is 0 Å². The second kappa shape index (κ2) is 5.69. The molecule has 1 rings (SSSR count). The third kappa shape index (κ3) is 3.56. The van der Waals surface area contributed by atoms with Gasteiger partial charge in [-0.25, -0.2) is 0 Å². The summed E-state index contributed by atoms with van der Waals surface area (Å²) in [6.45, 7) is 6.31. The van der Waals surface area contributed by atoms with Gasteiger partial charge in [0.2, 0.25) is 0 Å². The molecule has 0 atom stereocenters. The summed E-state index contributed by atoms with van der Waals surface area (Å²) in [6, 6.07) is 0.599. The van der Waals surface area contributed by atoms with E-state index in [1.807, 2.05) is 6.92 Å². The minimum atomic E-state index is -0.554. The second-order valence-electron chi connectivity index (χ2n) is 4.19. The van der Waals surface area contributed by atoms with Gasteiger partial charge in [0.1, 0.15) is 0 Å². The van der Waals surface area contributed by atoms with Gasteiger partial charge in [-0.15, -0.1) is 0 Å². The quantitative estimate of drug-likeness (QED) is 0.704. The van der Waals surface area contributed by atoms with Crippen molar-refractivity contribution < 1.29 is 9.84 Å². The molecular formula is C11H23NO2. The standard InChI is InChI=1S/C11H23NO2/c1-3-12-10-5-7-11(13,8-6-10)9-14-4-2/h10,12-13H,3-9H2,1-2H3. The van der Waals surface area contributed by atoms with Crippen molar-refractivity contribution in [2.24, 2.45) is 0 Å². The van der Waals surface area contributed by atoms with Crippen LogP contribution in [-0.2, 0) is 4.74 Å². The summed E-state index contributed by atoms with van der Waals surface area (Å²) in [5.74, 6) is 0. The summed E-state index contributed by atoms with van der Waals surface area (Å²) >= 11 is 0. The number of ether oxygens (including phenoxy) is 1. The Bertz CT molecular complexity index is 153. The Hall–Kier alpha value is -0.120. The summed E-state index contributed by atoms with van der Waals surface area (Å²) < 4.78 is 5.30. The number of nitrogens with one attached hydrogen (secondary N) is 1. The first kappa shape index (κ1) is 12.0. The Kier molecular flexibility index (Phi) is 4.85. The molecule has 0 aromatic carbocycles. The van der Waals surface area contributed by atoms with Gasteiger partial charge < -0.3 is 15.2 Å². The van der Waals surface area contributed by atoms with Crippen LogP contribution in [0.4, 0.5) is 0 Å². The summed E-state index contributed by atoms with van der Waals surface area (Å²) in [7, 11) is 0. The van der Waals surface area contributed by atoms with Gasteiger partial charge >= 0.3 is 0 Å². The number of aliphatic hydroxyl groups is 1. The number of hydrogen-bond acceptors (Lipinski definition) is 3. The first-order chi connectivity index (χ1) is 6.70. The number of rotatable bonds is 5. The van der Waals surface area contributed by atoms with E-state index in [1.165, 1.54) is 0 Å². The summed E-state index contributed by atoms with van der Waals surface area (Å²) in [5.41, 5.74) is -0.554. The van der Waals surface area contributed by atoms with Crippen molar-refractivity contribution in [2.75, 3.05) is 19.8 Å². The molecule has 0 saturated heterocycles. The fourth-order valence-electron chi connectivity index (χ4n) is 2.08. The first-order valence-electron chi connectivity index (χ1n) is 5.73. The largest absolute Gasteiger partial charge is 0.387 e. The van der Waals surface area contributed by atoms with Gasteiger partial charge in [0.25, 0.3) is 0 Å². The van der Waals surface area contributed by atoms with Gasteiger partial charge in [-0.05, 0) is 39.2 Å². The Labute approximate surface area is 86.8 Å². The van der Waals surface area contributed by atoms with E-state index < -0.39 is 5.60 Å². The predicted molar refractivity (Wildman–Crippen MR) is 57.4 cm³/mol. The van der Waals surface area contributed by atoms with Gasteiger partial charge in [0.15, 0.2) is 0 Å². The molecule has 0 aliphatic heterocycles. The lowest BCUT2D eigenvalue weighted by Crippen LogP contribution is -2.44. The zero-order chi connectivity index (χ0) is 10.4. The van der Waals surface area contributed by atoms with Crippen LogP contribution in [0.5, 0.6) is 0 Å². The highest BCUT2D eigenvalue weighted by Gasteiger charge is 2.32. The van der Waals surface area contributed by atoms with Crippen LogP contribution in [0.25, 0.3) is 0 Å². The molecule has 1 fully saturated rings. The Morgan fingerprint density at radius 1 is 1.36 bits per heavy atom. The van der Waals surface area contributed by atoms with Crippen molar-refractivity contribution in [3.05, 3.63) is 0 Å². The lowest BCUT2D eigenvalue weighted by molar-refractivity contribution is -0.0698. The molecule has 84 valence electrons. The molecule has 0 aromatic heterocycles. The van der Waals surface area contributed by atoms with Crippen LogP contribution < -0.4 is 5.32 Å². The van der Waals surface area contributed by atoms with Gasteiger partial charge in [0.05, 0.1) is 12.2 Å². The molecule has 3 nitrogen and oxygen atoms in total. The van der Waals surface area contributed by atoms with E-state index in [4.69, 9.17) is 4.74 Å². The van der Waals surface area contributed by atoms with Crippen LogP contribution in [-0.4, -0.2) is 36.5 Å². The highest BCUT2D eigenvalue weighted by molar-refractivity contribution is 4.87. The van der Waals surface area contributed by atoms with Crippen LogP contribution in [0.15, 0.2) is 0 Å². The molecule has 0 radical (unpaired) electrons. The highest BCUT2D eigenvalue weighted by atomic mass is 16.5. The zero-order valence-corrected chi connectivity index (χ0v) is 9.38. The SMILES string of the molecule is CCNC1CCC(O)(COCC)CC1. The molecule has 0 amide bonds. The minimum absolute atomic E-state index is 0.502. The summed E-state index contributed by atoms with van der Waals surface area (Å²) in [5, 5.41) is 13.6. The molecule has 0 aromatic rings. The third-order valence-electron chi connectivity index (χ3n) is 2.98. The van der Waals surface area contributed by atoms with Crippen LogP contribution in [0.2, 0.25) is 0 Å². The molecule has 0 unspecified atom stereocenters. The monoisotopic (exact) mass is 201 g/mol. The lowest BCUT2D eigenvalue weighted by Gasteiger charge is -2.35. The van der Waals surface area contributed by atoms with Crippen LogP contribution in [0.3, 0.4) is 0 Å². The molecule has 1 saturated carbocycles. The second-order valence-corrected chi connectivity index (χ2v) is 4.19. The topological polar surface area (TPSA) is 41.5 Å². The molecule has 2 N–H and O–H groups in total. The Balaban J connectivity index is 2.25. The maximum atomic E-state index is 10.1. The smallest absolute Gasteiger partial charge is 0.0881 e. The molecule has 1 aliphatic rings. The van der Waals surface area contributed by atoms with Gasteiger partial charge in [-0.1, -0.05) is 6.92 Å². The summed E-state index contributed by atoms with van der Waals surface area (Å²) in [6.07, 6.45) is 3.87. The van der Waals surface area contributed by atoms with Crippen molar-refractivity contribution in [2.45, 2.75) is 51.2 Å². The molecular weight excluding hydrogens is 178 g/mol. The Morgan fingerprint density at radius 2 is 2.00 bits per heavy atom. The van der Waals surface area contributed by atoms with E-state index in [0.29, 0.717) is 19.3 Å². The fraction of sp³-hybridized carbons (Fsp3) is 1.00. The average molecular weight is 201 g/mol. The summed E-state index contributed by atoms with van der Waals surface area (Å²) in [4.78, 5) is 0. The van der Waals surface area contributed by atoms with Gasteiger partial charge in [-0.2, -0.15) is 0 Å². The molecule has 3 heteroatoms. The first-order valence-corrected chi connectivity index (χ1v) is 5.73. The van der Waals surface area contributed by atoms with E-state index in [0.717, 1.165) is 32.2 Å². The number of hydrogen-bond donors (Lipinski definition) is 2. The average Bonchev–Trinajstić information content (AvgIpc) is 2.20. The molecule has 14 heavy (non-hydrogen) atoms. The van der Waals surface area contributed by atoms with E-state index >= 15 is 0 Å². The lowest BCUT2D eigenvalue weighted by atomic mass is 9.83. The van der Waals surface area contributed by atoms with Crippen LogP contribution in [0.1, 0.15) is 39.5 Å². The maximum absolute atomic E-state index is 10.1. The van der Waals surface area contributed by atoms with E-state index in [-0.39, 0.29) is 0 Å². The van der Waals surface area contributed by atoms with E-state index in [2.05, 4.69) is 12.2 Å². The molecule has 0 spiro atoms. The van der Waals surface area contributed by atoms with Gasteiger partial charge in [0, 0.05) is 12.6 Å². The van der Waals surface area contributed by atoms with Crippen molar-refractivity contribution >= 4 is 0 Å². The van der Waals surface area contributed by atoms with Crippen molar-refractivity contribution in [3.8, 4) is 0 Å². The molecule has 0 heterocycles. The third-order valence-corrected chi connectivity index (χ3v) is 2.98. The normalized spacial score (nSPS) is 33.2. The minimum Gasteiger partial charge on any atom is -0.387 e. The van der Waals surface area contributed by atoms with Crippen molar-refractivity contribution in [1.29, 1.82) is 0 Å². The highest BCUT2D eigenvalue weighted by Crippen LogP contribution is 2.28. The van der Waals surface area contributed by atoms with Crippen LogP contribution in [0, 0.1) is 0 Å². The van der Waals surface area contributed by atoms with E-state index in [9.17, 15) is 5.11 Å². The van der Waals surface area contributed by atoms with Crippen molar-refractivity contribution in [1.82, 2.24) is 5.32 Å². The molecule has 1 aliphatic carbocycles. The Morgan fingerprint density at radius 3 is 2.50 bits per heavy atom. The predicted octanol–water partition coefficient (Wildman–Crippen LogP) is 1.31. The fourth-order valence-corrected chi connectivity index (χ4v) is 2.08. The van der Waals surface area contributed by atoms with Crippen LogP contribution >= 0.6 is 0 Å². The zero-order valence-electron chi connectivity index (χ0n) is 9.38. The maximum Gasteiger partial charge on any atom is 0.0881 e. The van der Waals surface area contributed by atoms with Crippen molar-refractivity contribution in [3.63, 3.8) is 0 Å². The molecule has 0 bridgehead atoms.